The number of methoxy groups -OCH3 is 1. The van der Waals surface area contributed by atoms with Crippen molar-refractivity contribution in [2.45, 2.75) is 13.1 Å². The van der Waals surface area contributed by atoms with Crippen molar-refractivity contribution in [1.82, 2.24) is 18.7 Å². The van der Waals surface area contributed by atoms with Crippen molar-refractivity contribution in [3.8, 4) is 5.75 Å². The van der Waals surface area contributed by atoms with Gasteiger partial charge in [0.15, 0.2) is 11.2 Å². The fourth-order valence-corrected chi connectivity index (χ4v) is 4.23. The molecule has 8 nitrogen and oxygen atoms in total. The van der Waals surface area contributed by atoms with E-state index in [2.05, 4.69) is 4.98 Å². The lowest BCUT2D eigenvalue weighted by Crippen LogP contribution is -2.40. The molecule has 0 fully saturated rings. The van der Waals surface area contributed by atoms with E-state index in [0.717, 1.165) is 11.4 Å². The maximum absolute atomic E-state index is 13.4. The Morgan fingerprint density at radius 3 is 2.68 bits per heavy atom. The van der Waals surface area contributed by atoms with Gasteiger partial charge in [0.2, 0.25) is 5.95 Å². The molecule has 0 bridgehead atoms. The third-order valence-electron chi connectivity index (χ3n) is 5.65. The maximum atomic E-state index is 13.4. The number of fused-ring (bicyclic) bond motifs is 3. The van der Waals surface area contributed by atoms with Crippen LogP contribution < -0.4 is 20.9 Å². The van der Waals surface area contributed by atoms with Crippen LogP contribution in [0, 0.1) is 0 Å². The average Bonchev–Trinajstić information content (AvgIpc) is 3.36. The van der Waals surface area contributed by atoms with Gasteiger partial charge in [-0.05, 0) is 23.8 Å². The van der Waals surface area contributed by atoms with Crippen molar-refractivity contribution < 1.29 is 4.74 Å². The molecular formula is C22H20ClN5O3. The van der Waals surface area contributed by atoms with Gasteiger partial charge < -0.3 is 14.2 Å². The Morgan fingerprint density at radius 2 is 1.90 bits per heavy atom. The molecule has 0 unspecified atom stereocenters. The lowest BCUT2D eigenvalue weighted by atomic mass is 10.2. The summed E-state index contributed by atoms with van der Waals surface area (Å²) in [5, 5.41) is 0.513. The summed E-state index contributed by atoms with van der Waals surface area (Å²) >= 11 is 6.26. The number of imidazole rings is 1. The highest BCUT2D eigenvalue weighted by atomic mass is 35.5. The molecule has 1 aliphatic heterocycles. The van der Waals surface area contributed by atoms with Crippen LogP contribution >= 0.6 is 11.6 Å². The molecule has 0 aliphatic carbocycles. The zero-order chi connectivity index (χ0) is 21.7. The van der Waals surface area contributed by atoms with Crippen LogP contribution in [0.25, 0.3) is 11.2 Å². The molecule has 5 rings (SSSR count). The molecule has 0 saturated heterocycles. The standard InChI is InChI=1S/C22H20ClN5O3/c1-25-19-18(20(29)28(22(25)30)13-14-6-3-4-9-17(14)23)27-11-10-26(21(27)24-19)15-7-5-8-16(12-15)31-2/h3-9,12H,10-11,13H2,1-2H3. The monoisotopic (exact) mass is 437 g/mol. The van der Waals surface area contributed by atoms with Gasteiger partial charge in [0.1, 0.15) is 5.75 Å². The molecule has 0 saturated carbocycles. The van der Waals surface area contributed by atoms with Crippen LogP contribution in [-0.4, -0.2) is 32.3 Å². The average molecular weight is 438 g/mol. The highest BCUT2D eigenvalue weighted by Crippen LogP contribution is 2.33. The van der Waals surface area contributed by atoms with Gasteiger partial charge in [-0.3, -0.25) is 13.9 Å². The van der Waals surface area contributed by atoms with Crippen molar-refractivity contribution in [1.29, 1.82) is 0 Å². The first-order valence-electron chi connectivity index (χ1n) is 9.84. The molecule has 3 heterocycles. The Bertz CT molecular complexity index is 1440. The second-order valence-electron chi connectivity index (χ2n) is 7.41. The molecule has 2 aromatic carbocycles. The summed E-state index contributed by atoms with van der Waals surface area (Å²) < 4.78 is 9.84. The third kappa shape index (κ3) is 3.02. The van der Waals surface area contributed by atoms with Gasteiger partial charge in [0.25, 0.3) is 5.56 Å². The zero-order valence-electron chi connectivity index (χ0n) is 17.1. The van der Waals surface area contributed by atoms with Crippen LogP contribution in [0.15, 0.2) is 58.1 Å². The number of hydrogen-bond donors (Lipinski definition) is 0. The van der Waals surface area contributed by atoms with E-state index >= 15 is 0 Å². The van der Waals surface area contributed by atoms with Gasteiger partial charge in [0.05, 0.1) is 13.7 Å². The Balaban J connectivity index is 1.67. The van der Waals surface area contributed by atoms with Gasteiger partial charge in [0, 0.05) is 36.9 Å². The Kier molecular flexibility index (Phi) is 4.59. The maximum Gasteiger partial charge on any atom is 0.332 e. The minimum atomic E-state index is -0.429. The Hall–Kier alpha value is -3.52. The predicted molar refractivity (Wildman–Crippen MR) is 120 cm³/mol. The van der Waals surface area contributed by atoms with E-state index < -0.39 is 5.69 Å². The number of hydrogen-bond acceptors (Lipinski definition) is 5. The fourth-order valence-electron chi connectivity index (χ4n) is 4.04. The number of aryl methyl sites for hydroxylation is 1. The zero-order valence-corrected chi connectivity index (χ0v) is 17.8. The molecule has 0 amide bonds. The van der Waals surface area contributed by atoms with Gasteiger partial charge in [-0.25, -0.2) is 4.79 Å². The highest BCUT2D eigenvalue weighted by Gasteiger charge is 2.29. The quantitative estimate of drug-likeness (QED) is 0.491. The van der Waals surface area contributed by atoms with E-state index in [-0.39, 0.29) is 12.1 Å². The summed E-state index contributed by atoms with van der Waals surface area (Å²) in [6.45, 7) is 1.35. The fraction of sp³-hybridized carbons (Fsp3) is 0.227. The smallest absolute Gasteiger partial charge is 0.332 e. The number of nitrogens with zero attached hydrogens (tertiary/aromatic N) is 5. The minimum Gasteiger partial charge on any atom is -0.497 e. The van der Waals surface area contributed by atoms with Crippen molar-refractivity contribution in [3.05, 3.63) is 80.0 Å². The summed E-state index contributed by atoms with van der Waals surface area (Å²) in [6, 6.07) is 14.9. The van der Waals surface area contributed by atoms with Crippen molar-refractivity contribution in [2.75, 3.05) is 18.6 Å². The molecule has 4 aromatic rings. The molecule has 2 aromatic heterocycles. The summed E-state index contributed by atoms with van der Waals surface area (Å²) in [4.78, 5) is 33.1. The molecule has 1 aliphatic rings. The normalized spacial score (nSPS) is 13.1. The van der Waals surface area contributed by atoms with E-state index in [1.807, 2.05) is 51.9 Å². The van der Waals surface area contributed by atoms with Crippen molar-refractivity contribution >= 4 is 34.4 Å². The van der Waals surface area contributed by atoms with Crippen LogP contribution in [0.5, 0.6) is 5.75 Å². The SMILES string of the molecule is COc1cccc(N2CCn3c2nc2c3c(=O)n(Cc3ccccc3Cl)c(=O)n2C)c1. The van der Waals surface area contributed by atoms with Gasteiger partial charge in [-0.15, -0.1) is 0 Å². The molecule has 0 atom stereocenters. The summed E-state index contributed by atoms with van der Waals surface area (Å²) in [5.74, 6) is 1.37. The lowest BCUT2D eigenvalue weighted by Gasteiger charge is -2.16. The van der Waals surface area contributed by atoms with Crippen LogP contribution in [0.1, 0.15) is 5.56 Å². The lowest BCUT2D eigenvalue weighted by molar-refractivity contribution is 0.415. The number of anilines is 2. The van der Waals surface area contributed by atoms with Crippen LogP contribution in [0.4, 0.5) is 11.6 Å². The van der Waals surface area contributed by atoms with Crippen molar-refractivity contribution in [2.24, 2.45) is 7.05 Å². The second-order valence-corrected chi connectivity index (χ2v) is 7.82. The van der Waals surface area contributed by atoms with E-state index in [4.69, 9.17) is 16.3 Å². The van der Waals surface area contributed by atoms with Crippen LogP contribution in [-0.2, 0) is 20.1 Å². The molecule has 0 N–H and O–H groups in total. The Morgan fingerprint density at radius 1 is 1.10 bits per heavy atom. The van der Waals surface area contributed by atoms with Gasteiger partial charge >= 0.3 is 5.69 Å². The molecule has 0 spiro atoms. The number of ether oxygens (including phenoxy) is 1. The number of aromatic nitrogens is 4. The Labute approximate surface area is 182 Å². The highest BCUT2D eigenvalue weighted by molar-refractivity contribution is 6.31. The van der Waals surface area contributed by atoms with E-state index in [1.54, 1.807) is 20.2 Å². The topological polar surface area (TPSA) is 74.3 Å². The summed E-state index contributed by atoms with van der Waals surface area (Å²) in [7, 11) is 3.25. The van der Waals surface area contributed by atoms with Gasteiger partial charge in [-0.2, -0.15) is 4.98 Å². The number of rotatable bonds is 4. The van der Waals surface area contributed by atoms with Crippen LogP contribution in [0.2, 0.25) is 5.02 Å². The largest absolute Gasteiger partial charge is 0.497 e. The van der Waals surface area contributed by atoms with Crippen molar-refractivity contribution in [3.63, 3.8) is 0 Å². The van der Waals surface area contributed by atoms with E-state index in [1.165, 1.54) is 9.13 Å². The van der Waals surface area contributed by atoms with E-state index in [9.17, 15) is 9.59 Å². The predicted octanol–water partition coefficient (Wildman–Crippen LogP) is 2.76. The molecule has 0 radical (unpaired) electrons. The van der Waals surface area contributed by atoms with E-state index in [0.29, 0.717) is 40.8 Å². The summed E-state index contributed by atoms with van der Waals surface area (Å²) in [5.41, 5.74) is 1.60. The minimum absolute atomic E-state index is 0.0984. The molecule has 158 valence electrons. The first-order chi connectivity index (χ1) is 15.0. The number of benzene rings is 2. The summed E-state index contributed by atoms with van der Waals surface area (Å²) in [6.07, 6.45) is 0. The van der Waals surface area contributed by atoms with Gasteiger partial charge in [-0.1, -0.05) is 35.9 Å². The molecule has 31 heavy (non-hydrogen) atoms. The number of halogens is 1. The molecular weight excluding hydrogens is 418 g/mol. The third-order valence-corrected chi connectivity index (χ3v) is 6.02. The second kappa shape index (κ2) is 7.31. The first kappa shape index (κ1) is 19.4. The first-order valence-corrected chi connectivity index (χ1v) is 10.2. The van der Waals surface area contributed by atoms with Crippen LogP contribution in [0.3, 0.4) is 0 Å². The molecule has 9 heteroatoms.